The van der Waals surface area contributed by atoms with E-state index in [0.717, 1.165) is 28.2 Å². The fourth-order valence-electron chi connectivity index (χ4n) is 2.50. The second-order valence-electron chi connectivity index (χ2n) is 5.91. The molecular formula is C18H22FN3O. The lowest BCUT2D eigenvalue weighted by molar-refractivity contribution is -0.111. The maximum Gasteiger partial charge on any atom is 0.248 e. The Morgan fingerprint density at radius 2 is 1.87 bits per heavy atom. The molecule has 2 rings (SSSR count). The minimum atomic E-state index is -0.293. The summed E-state index contributed by atoms with van der Waals surface area (Å²) in [6, 6.07) is 6.30. The van der Waals surface area contributed by atoms with Gasteiger partial charge in [0.05, 0.1) is 17.1 Å². The number of hydrogen-bond acceptors (Lipinski definition) is 2. The molecule has 0 spiro atoms. The van der Waals surface area contributed by atoms with Crippen molar-refractivity contribution in [1.82, 2.24) is 9.78 Å². The number of halogens is 1. The van der Waals surface area contributed by atoms with E-state index in [1.807, 2.05) is 39.3 Å². The minimum Gasteiger partial charge on any atom is -0.319 e. The van der Waals surface area contributed by atoms with Crippen molar-refractivity contribution < 1.29 is 9.18 Å². The molecule has 1 aromatic carbocycles. The molecule has 0 fully saturated rings. The third-order valence-electron chi connectivity index (χ3n) is 3.71. The maximum absolute atomic E-state index is 12.9. The minimum absolute atomic E-state index is 0.221. The van der Waals surface area contributed by atoms with E-state index in [4.69, 9.17) is 0 Å². The molecule has 4 nitrogen and oxygen atoms in total. The Labute approximate surface area is 136 Å². The monoisotopic (exact) mass is 315 g/mol. The third-order valence-corrected chi connectivity index (χ3v) is 3.71. The Hall–Kier alpha value is -2.43. The molecule has 0 aliphatic rings. The highest BCUT2D eigenvalue weighted by molar-refractivity contribution is 6.04. The molecule has 0 radical (unpaired) electrons. The first-order valence-corrected chi connectivity index (χ1v) is 7.60. The first-order valence-electron chi connectivity index (χ1n) is 7.60. The quantitative estimate of drug-likeness (QED) is 0.857. The molecule has 1 heterocycles. The molecule has 23 heavy (non-hydrogen) atoms. The van der Waals surface area contributed by atoms with Crippen molar-refractivity contribution >= 4 is 17.2 Å². The lowest BCUT2D eigenvalue weighted by Crippen LogP contribution is -2.11. The summed E-state index contributed by atoms with van der Waals surface area (Å²) in [5.41, 5.74) is 4.05. The molecule has 2 aromatic rings. The number of nitrogens with one attached hydrogen (secondary N) is 1. The number of carbonyl (C=O) groups excluding carboxylic acids is 1. The molecule has 122 valence electrons. The summed E-state index contributed by atoms with van der Waals surface area (Å²) in [6.07, 6.45) is 1.51. The molecule has 5 heteroatoms. The fourth-order valence-corrected chi connectivity index (χ4v) is 2.50. The van der Waals surface area contributed by atoms with Crippen LogP contribution in [0.3, 0.4) is 0 Å². The van der Waals surface area contributed by atoms with Gasteiger partial charge >= 0.3 is 0 Å². The van der Waals surface area contributed by atoms with Crippen LogP contribution in [0.2, 0.25) is 0 Å². The number of carbonyl (C=O) groups is 1. The van der Waals surface area contributed by atoms with Gasteiger partial charge in [0.25, 0.3) is 0 Å². The zero-order valence-electron chi connectivity index (χ0n) is 14.1. The van der Waals surface area contributed by atoms with Gasteiger partial charge in [-0.3, -0.25) is 9.48 Å². The number of anilines is 1. The van der Waals surface area contributed by atoms with Crippen molar-refractivity contribution in [2.24, 2.45) is 0 Å². The number of aromatic nitrogens is 2. The second-order valence-corrected chi connectivity index (χ2v) is 5.91. The van der Waals surface area contributed by atoms with Gasteiger partial charge in [0.1, 0.15) is 5.82 Å². The highest BCUT2D eigenvalue weighted by Gasteiger charge is 2.15. The Kier molecular flexibility index (Phi) is 4.98. The number of rotatable bonds is 4. The zero-order chi connectivity index (χ0) is 17.1. The summed E-state index contributed by atoms with van der Waals surface area (Å²) in [4.78, 5) is 12.2. The van der Waals surface area contributed by atoms with E-state index in [0.29, 0.717) is 0 Å². The standard InChI is InChI=1S/C18H22FN3O/c1-11(2)22-14(5)18(13(4)21-22)20-17(23)10-12(3)15-6-8-16(19)9-7-15/h6-11H,1-5H3,(H,20,23)/b12-10+. The van der Waals surface area contributed by atoms with E-state index in [2.05, 4.69) is 10.4 Å². The van der Waals surface area contributed by atoms with Gasteiger partial charge in [-0.25, -0.2) is 4.39 Å². The molecule has 0 aliphatic heterocycles. The second kappa shape index (κ2) is 6.77. The maximum atomic E-state index is 12.9. The van der Waals surface area contributed by atoms with Crippen molar-refractivity contribution in [2.45, 2.75) is 40.7 Å². The number of nitrogens with zero attached hydrogens (tertiary/aromatic N) is 2. The predicted octanol–water partition coefficient (Wildman–Crippen LogP) is 4.26. The SMILES string of the molecule is C/C(=C\C(=O)Nc1c(C)nn(C(C)C)c1C)c1ccc(F)cc1. The van der Waals surface area contributed by atoms with E-state index < -0.39 is 0 Å². The summed E-state index contributed by atoms with van der Waals surface area (Å²) in [6.45, 7) is 9.72. The van der Waals surface area contributed by atoms with E-state index in [-0.39, 0.29) is 17.8 Å². The Bertz CT molecular complexity index is 742. The van der Waals surface area contributed by atoms with Crippen molar-refractivity contribution in [3.8, 4) is 0 Å². The normalized spacial score (nSPS) is 11.9. The largest absolute Gasteiger partial charge is 0.319 e. The molecule has 0 saturated carbocycles. The topological polar surface area (TPSA) is 46.9 Å². The molecule has 1 aromatic heterocycles. The number of benzene rings is 1. The average molecular weight is 315 g/mol. The number of allylic oxidation sites excluding steroid dienone is 1. The zero-order valence-corrected chi connectivity index (χ0v) is 14.1. The van der Waals surface area contributed by atoms with Gasteiger partial charge in [-0.15, -0.1) is 0 Å². The molecule has 0 unspecified atom stereocenters. The summed E-state index contributed by atoms with van der Waals surface area (Å²) in [7, 11) is 0. The average Bonchev–Trinajstić information content (AvgIpc) is 2.76. The molecule has 1 N–H and O–H groups in total. The lowest BCUT2D eigenvalue weighted by atomic mass is 10.1. The van der Waals surface area contributed by atoms with Gasteiger partial charge in [-0.2, -0.15) is 5.10 Å². The highest BCUT2D eigenvalue weighted by atomic mass is 19.1. The van der Waals surface area contributed by atoms with Crippen LogP contribution in [-0.2, 0) is 4.79 Å². The van der Waals surface area contributed by atoms with E-state index in [1.165, 1.54) is 18.2 Å². The van der Waals surface area contributed by atoms with Crippen LogP contribution in [0.5, 0.6) is 0 Å². The van der Waals surface area contributed by atoms with Gasteiger partial charge in [0, 0.05) is 12.1 Å². The predicted molar refractivity (Wildman–Crippen MR) is 90.8 cm³/mol. The molecule has 0 atom stereocenters. The summed E-state index contributed by atoms with van der Waals surface area (Å²) in [5.74, 6) is -0.514. The van der Waals surface area contributed by atoms with Gasteiger partial charge in [0.15, 0.2) is 0 Å². The third kappa shape index (κ3) is 3.86. The Morgan fingerprint density at radius 1 is 1.26 bits per heavy atom. The summed E-state index contributed by atoms with van der Waals surface area (Å²) < 4.78 is 14.8. The van der Waals surface area contributed by atoms with E-state index in [9.17, 15) is 9.18 Å². The Morgan fingerprint density at radius 3 is 2.39 bits per heavy atom. The molecule has 0 bridgehead atoms. The van der Waals surface area contributed by atoms with Gasteiger partial charge < -0.3 is 5.32 Å². The first kappa shape index (κ1) is 16.9. The van der Waals surface area contributed by atoms with Crippen LogP contribution in [0.4, 0.5) is 10.1 Å². The van der Waals surface area contributed by atoms with Crippen LogP contribution in [0.1, 0.15) is 43.8 Å². The van der Waals surface area contributed by atoms with Crippen LogP contribution in [0.25, 0.3) is 5.57 Å². The summed E-state index contributed by atoms with van der Waals surface area (Å²) in [5, 5.41) is 7.34. The number of amides is 1. The van der Waals surface area contributed by atoms with E-state index in [1.54, 1.807) is 12.1 Å². The lowest BCUT2D eigenvalue weighted by Gasteiger charge is -2.09. The first-order chi connectivity index (χ1) is 10.8. The van der Waals surface area contributed by atoms with E-state index >= 15 is 0 Å². The van der Waals surface area contributed by atoms with Gasteiger partial charge in [-0.05, 0) is 57.9 Å². The van der Waals surface area contributed by atoms with Crippen molar-refractivity contribution in [3.63, 3.8) is 0 Å². The van der Waals surface area contributed by atoms with Crippen LogP contribution in [0.15, 0.2) is 30.3 Å². The highest BCUT2D eigenvalue weighted by Crippen LogP contribution is 2.23. The van der Waals surface area contributed by atoms with Crippen LogP contribution >= 0.6 is 0 Å². The Balaban J connectivity index is 2.19. The number of aryl methyl sites for hydroxylation is 1. The fraction of sp³-hybridized carbons (Fsp3) is 0.333. The summed E-state index contributed by atoms with van der Waals surface area (Å²) >= 11 is 0. The van der Waals surface area contributed by atoms with Crippen molar-refractivity contribution in [1.29, 1.82) is 0 Å². The smallest absolute Gasteiger partial charge is 0.248 e. The molecule has 0 saturated heterocycles. The molecule has 0 aliphatic carbocycles. The van der Waals surface area contributed by atoms with Crippen LogP contribution in [0, 0.1) is 19.7 Å². The van der Waals surface area contributed by atoms with Crippen molar-refractivity contribution in [2.75, 3.05) is 5.32 Å². The van der Waals surface area contributed by atoms with Gasteiger partial charge in [-0.1, -0.05) is 12.1 Å². The molecule has 1 amide bonds. The molecular weight excluding hydrogens is 293 g/mol. The van der Waals surface area contributed by atoms with Crippen molar-refractivity contribution in [3.05, 3.63) is 53.1 Å². The van der Waals surface area contributed by atoms with Crippen LogP contribution < -0.4 is 5.32 Å². The van der Waals surface area contributed by atoms with Crippen LogP contribution in [-0.4, -0.2) is 15.7 Å². The number of hydrogen-bond donors (Lipinski definition) is 1. The van der Waals surface area contributed by atoms with Gasteiger partial charge in [0.2, 0.25) is 5.91 Å².